The number of rotatable bonds is 4. The topological polar surface area (TPSA) is 55.6 Å². The molecule has 0 saturated carbocycles. The van der Waals surface area contributed by atoms with Crippen molar-refractivity contribution in [3.05, 3.63) is 35.9 Å². The molecule has 2 rings (SSSR count). The lowest BCUT2D eigenvalue weighted by atomic mass is 10.2. The predicted molar refractivity (Wildman–Crippen MR) is 75.9 cm³/mol. The molecule has 1 amide bonds. The van der Waals surface area contributed by atoms with E-state index in [-0.39, 0.29) is 23.3 Å². The summed E-state index contributed by atoms with van der Waals surface area (Å²) in [7, 11) is 0. The van der Waals surface area contributed by atoms with Gasteiger partial charge in [0, 0.05) is 30.8 Å². The number of halogens is 3. The maximum absolute atomic E-state index is 12.3. The molecule has 0 aromatic heterocycles. The summed E-state index contributed by atoms with van der Waals surface area (Å²) in [5.74, 6) is -0.592. The number of nitrogens with two attached hydrogens (primary N) is 1. The van der Waals surface area contributed by atoms with Crippen molar-refractivity contribution in [3.8, 4) is 5.75 Å². The fourth-order valence-corrected chi connectivity index (χ4v) is 2.46. The molecule has 1 saturated heterocycles. The van der Waals surface area contributed by atoms with Gasteiger partial charge in [-0.05, 0) is 25.0 Å². The lowest BCUT2D eigenvalue weighted by molar-refractivity contribution is -0.274. The zero-order chi connectivity index (χ0) is 16.2. The van der Waals surface area contributed by atoms with Crippen LogP contribution >= 0.6 is 0 Å². The van der Waals surface area contributed by atoms with Crippen molar-refractivity contribution in [1.29, 1.82) is 0 Å². The monoisotopic (exact) mass is 314 g/mol. The zero-order valence-corrected chi connectivity index (χ0v) is 11.8. The third kappa shape index (κ3) is 4.24. The lowest BCUT2D eigenvalue weighted by Gasteiger charge is -2.21. The number of benzene rings is 1. The third-order valence-electron chi connectivity index (χ3n) is 3.48. The van der Waals surface area contributed by atoms with E-state index in [2.05, 4.69) is 4.74 Å². The molecule has 1 aliphatic rings. The van der Waals surface area contributed by atoms with Crippen molar-refractivity contribution in [1.82, 2.24) is 4.90 Å². The van der Waals surface area contributed by atoms with Crippen molar-refractivity contribution >= 4 is 12.0 Å². The van der Waals surface area contributed by atoms with E-state index in [9.17, 15) is 18.0 Å². The molecule has 1 aliphatic heterocycles. The summed E-state index contributed by atoms with van der Waals surface area (Å²) in [5.41, 5.74) is 5.79. The molecule has 1 heterocycles. The van der Waals surface area contributed by atoms with Gasteiger partial charge in [-0.15, -0.1) is 13.2 Å². The van der Waals surface area contributed by atoms with Crippen LogP contribution in [0.2, 0.25) is 0 Å². The van der Waals surface area contributed by atoms with E-state index in [0.29, 0.717) is 13.1 Å². The summed E-state index contributed by atoms with van der Waals surface area (Å²) in [4.78, 5) is 13.7. The highest BCUT2D eigenvalue weighted by Gasteiger charge is 2.32. The molecule has 1 aromatic rings. The quantitative estimate of drug-likeness (QED) is 0.869. The first kappa shape index (κ1) is 16.4. The fraction of sp³-hybridized carbons (Fsp3) is 0.400. The molecule has 0 aliphatic carbocycles. The summed E-state index contributed by atoms with van der Waals surface area (Å²) in [5, 5.41) is 0. The third-order valence-corrected chi connectivity index (χ3v) is 3.48. The predicted octanol–water partition coefficient (Wildman–Crippen LogP) is 2.55. The Morgan fingerprint density at radius 2 is 2.14 bits per heavy atom. The smallest absolute Gasteiger partial charge is 0.405 e. The van der Waals surface area contributed by atoms with Crippen LogP contribution in [-0.2, 0) is 4.79 Å². The second-order valence-corrected chi connectivity index (χ2v) is 4.98. The molecule has 7 heteroatoms. The van der Waals surface area contributed by atoms with Crippen LogP contribution in [-0.4, -0.2) is 36.3 Å². The molecular formula is C15H17F3N2O2. The molecule has 2 N–H and O–H groups in total. The van der Waals surface area contributed by atoms with Crippen molar-refractivity contribution in [2.45, 2.75) is 25.2 Å². The average Bonchev–Trinajstić information content (AvgIpc) is 2.93. The van der Waals surface area contributed by atoms with Crippen molar-refractivity contribution in [2.24, 2.45) is 5.73 Å². The molecule has 4 nitrogen and oxygen atoms in total. The number of para-hydroxylation sites is 1. The minimum atomic E-state index is -4.77. The van der Waals surface area contributed by atoms with E-state index in [1.165, 1.54) is 30.4 Å². The number of nitrogens with zero attached hydrogens (tertiary/aromatic N) is 1. The Labute approximate surface area is 126 Å². The Morgan fingerprint density at radius 3 is 2.82 bits per heavy atom. The number of carbonyl (C=O) groups excluding carboxylic acids is 1. The van der Waals surface area contributed by atoms with E-state index in [1.807, 2.05) is 0 Å². The Bertz CT molecular complexity index is 558. The van der Waals surface area contributed by atoms with Crippen molar-refractivity contribution in [3.63, 3.8) is 0 Å². The van der Waals surface area contributed by atoms with Gasteiger partial charge >= 0.3 is 6.36 Å². The highest BCUT2D eigenvalue weighted by atomic mass is 19.4. The van der Waals surface area contributed by atoms with Crippen LogP contribution in [0.15, 0.2) is 30.3 Å². The van der Waals surface area contributed by atoms with Gasteiger partial charge in [-0.2, -0.15) is 0 Å². The Balaban J connectivity index is 2.11. The number of ether oxygens (including phenoxy) is 1. The van der Waals surface area contributed by atoms with Gasteiger partial charge in [0.2, 0.25) is 5.91 Å². The van der Waals surface area contributed by atoms with E-state index >= 15 is 0 Å². The number of hydrogen-bond donors (Lipinski definition) is 1. The second kappa shape index (κ2) is 6.83. The van der Waals surface area contributed by atoms with Gasteiger partial charge in [0.05, 0.1) is 0 Å². The van der Waals surface area contributed by atoms with Gasteiger partial charge in [0.25, 0.3) is 0 Å². The van der Waals surface area contributed by atoms with Gasteiger partial charge in [0.1, 0.15) is 5.75 Å². The SMILES string of the molecule is NCC1CCCN1C(=O)C=Cc1ccccc1OC(F)(F)F. The molecule has 22 heavy (non-hydrogen) atoms. The molecule has 0 spiro atoms. The molecule has 0 bridgehead atoms. The van der Waals surface area contributed by atoms with Gasteiger partial charge in [0.15, 0.2) is 0 Å². The number of carbonyl (C=O) groups is 1. The van der Waals surface area contributed by atoms with E-state index in [1.54, 1.807) is 11.0 Å². The molecule has 1 aromatic carbocycles. The van der Waals surface area contributed by atoms with Crippen LogP contribution in [0.4, 0.5) is 13.2 Å². The summed E-state index contributed by atoms with van der Waals surface area (Å²) in [6.07, 6.45) is -0.450. The van der Waals surface area contributed by atoms with Gasteiger partial charge in [-0.1, -0.05) is 18.2 Å². The standard InChI is InChI=1S/C15H17F3N2O2/c16-15(17,18)22-13-6-2-1-4-11(13)7-8-14(21)20-9-3-5-12(20)10-19/h1-2,4,6-8,12H,3,5,9-10,19H2. The Kier molecular flexibility index (Phi) is 5.07. The first-order valence-electron chi connectivity index (χ1n) is 6.94. The summed E-state index contributed by atoms with van der Waals surface area (Å²) < 4.78 is 40.9. The molecule has 1 unspecified atom stereocenters. The minimum Gasteiger partial charge on any atom is -0.405 e. The van der Waals surface area contributed by atoms with Crippen molar-refractivity contribution < 1.29 is 22.7 Å². The van der Waals surface area contributed by atoms with Crippen LogP contribution in [0.5, 0.6) is 5.75 Å². The summed E-state index contributed by atoms with van der Waals surface area (Å²) in [6.45, 7) is 0.999. The van der Waals surface area contributed by atoms with Gasteiger partial charge in [-0.25, -0.2) is 0 Å². The van der Waals surface area contributed by atoms with Crippen molar-refractivity contribution in [2.75, 3.05) is 13.1 Å². The maximum Gasteiger partial charge on any atom is 0.573 e. The lowest BCUT2D eigenvalue weighted by Crippen LogP contribution is -2.38. The van der Waals surface area contributed by atoms with Gasteiger partial charge in [-0.3, -0.25) is 4.79 Å². The van der Waals surface area contributed by atoms with Gasteiger partial charge < -0.3 is 15.4 Å². The average molecular weight is 314 g/mol. The first-order valence-corrected chi connectivity index (χ1v) is 6.94. The minimum absolute atomic E-state index is 0.00109. The van der Waals surface area contributed by atoms with Crippen LogP contribution < -0.4 is 10.5 Å². The highest BCUT2D eigenvalue weighted by Crippen LogP contribution is 2.27. The molecule has 0 radical (unpaired) electrons. The molecular weight excluding hydrogens is 297 g/mol. The molecule has 1 fully saturated rings. The molecule has 120 valence electrons. The van der Waals surface area contributed by atoms with Crippen LogP contribution in [0.1, 0.15) is 18.4 Å². The second-order valence-electron chi connectivity index (χ2n) is 4.98. The maximum atomic E-state index is 12.3. The molecule has 1 atom stereocenters. The van der Waals surface area contributed by atoms with Crippen LogP contribution in [0.3, 0.4) is 0 Å². The van der Waals surface area contributed by atoms with E-state index < -0.39 is 6.36 Å². The number of alkyl halides is 3. The Hall–Kier alpha value is -2.02. The normalized spacial score (nSPS) is 18.9. The van der Waals surface area contributed by atoms with Crippen LogP contribution in [0.25, 0.3) is 6.08 Å². The Morgan fingerprint density at radius 1 is 1.41 bits per heavy atom. The van der Waals surface area contributed by atoms with Crippen LogP contribution in [0, 0.1) is 0 Å². The summed E-state index contributed by atoms with van der Waals surface area (Å²) >= 11 is 0. The fourth-order valence-electron chi connectivity index (χ4n) is 2.46. The number of amides is 1. The van der Waals surface area contributed by atoms with E-state index in [4.69, 9.17) is 5.73 Å². The number of hydrogen-bond acceptors (Lipinski definition) is 3. The summed E-state index contributed by atoms with van der Waals surface area (Å²) in [6, 6.07) is 5.67. The zero-order valence-electron chi connectivity index (χ0n) is 11.8. The number of likely N-dealkylation sites (tertiary alicyclic amines) is 1. The van der Waals surface area contributed by atoms with E-state index in [0.717, 1.165) is 12.8 Å². The highest BCUT2D eigenvalue weighted by molar-refractivity contribution is 5.92. The largest absolute Gasteiger partial charge is 0.573 e. The first-order chi connectivity index (χ1) is 10.4.